The van der Waals surface area contributed by atoms with Gasteiger partial charge in [0.1, 0.15) is 0 Å². The molecular weight excluding hydrogens is 164 g/mol. The minimum atomic E-state index is 0.359. The third kappa shape index (κ3) is 3.53. The highest BCUT2D eigenvalue weighted by Gasteiger charge is 2.02. The average molecular weight is 180 g/mol. The third-order valence-corrected chi connectivity index (χ3v) is 1.96. The van der Waals surface area contributed by atoms with E-state index in [0.29, 0.717) is 6.04 Å². The lowest BCUT2D eigenvalue weighted by Crippen LogP contribution is -2.22. The van der Waals surface area contributed by atoms with Crippen LogP contribution in [-0.4, -0.2) is 25.2 Å². The van der Waals surface area contributed by atoms with Gasteiger partial charge in [0.05, 0.1) is 6.61 Å². The fraction of sp³-hybridized carbons (Fsp3) is 0.500. The Hall–Kier alpha value is -0.930. The van der Waals surface area contributed by atoms with Crippen LogP contribution in [-0.2, 0) is 4.74 Å². The molecule has 0 spiro atoms. The van der Waals surface area contributed by atoms with Gasteiger partial charge in [-0.05, 0) is 24.6 Å². The Kier molecular flexibility index (Phi) is 4.43. The first-order chi connectivity index (χ1) is 6.34. The molecule has 0 bridgehead atoms. The fourth-order valence-corrected chi connectivity index (χ4v) is 1.15. The molecule has 0 fully saturated rings. The molecule has 1 heterocycles. The molecule has 1 unspecified atom stereocenters. The molecule has 13 heavy (non-hydrogen) atoms. The first kappa shape index (κ1) is 10.2. The van der Waals surface area contributed by atoms with E-state index in [-0.39, 0.29) is 0 Å². The second-order valence-corrected chi connectivity index (χ2v) is 2.95. The van der Waals surface area contributed by atoms with Gasteiger partial charge in [-0.3, -0.25) is 4.98 Å². The summed E-state index contributed by atoms with van der Waals surface area (Å²) >= 11 is 0. The van der Waals surface area contributed by atoms with Crippen molar-refractivity contribution in [3.05, 3.63) is 30.1 Å². The van der Waals surface area contributed by atoms with Crippen LogP contribution in [0.5, 0.6) is 0 Å². The molecule has 1 N–H and O–H groups in total. The Balaban J connectivity index is 2.35. The monoisotopic (exact) mass is 180 g/mol. The molecular formula is C10H16N2O. The number of pyridine rings is 1. The molecule has 0 aromatic carbocycles. The second-order valence-electron chi connectivity index (χ2n) is 2.95. The maximum Gasteiger partial charge on any atom is 0.0587 e. The molecule has 3 heteroatoms. The average Bonchev–Trinajstić information content (AvgIpc) is 2.19. The van der Waals surface area contributed by atoms with Gasteiger partial charge >= 0.3 is 0 Å². The van der Waals surface area contributed by atoms with Crippen LogP contribution in [0.1, 0.15) is 18.5 Å². The largest absolute Gasteiger partial charge is 0.383 e. The molecule has 1 aromatic heterocycles. The molecule has 0 saturated heterocycles. The van der Waals surface area contributed by atoms with E-state index in [1.54, 1.807) is 7.11 Å². The van der Waals surface area contributed by atoms with Gasteiger partial charge in [0, 0.05) is 32.1 Å². The molecule has 72 valence electrons. The summed E-state index contributed by atoms with van der Waals surface area (Å²) in [4.78, 5) is 3.97. The van der Waals surface area contributed by atoms with Gasteiger partial charge in [0.2, 0.25) is 0 Å². The summed E-state index contributed by atoms with van der Waals surface area (Å²) in [7, 11) is 1.71. The maximum atomic E-state index is 4.95. The smallest absolute Gasteiger partial charge is 0.0587 e. The van der Waals surface area contributed by atoms with E-state index >= 15 is 0 Å². The zero-order valence-electron chi connectivity index (χ0n) is 8.16. The molecule has 1 atom stereocenters. The number of ether oxygens (including phenoxy) is 1. The van der Waals surface area contributed by atoms with Gasteiger partial charge in [-0.1, -0.05) is 0 Å². The van der Waals surface area contributed by atoms with E-state index in [9.17, 15) is 0 Å². The van der Waals surface area contributed by atoms with Gasteiger partial charge in [-0.25, -0.2) is 0 Å². The number of hydrogen-bond acceptors (Lipinski definition) is 3. The number of methoxy groups -OCH3 is 1. The summed E-state index contributed by atoms with van der Waals surface area (Å²) < 4.78 is 4.95. The zero-order valence-corrected chi connectivity index (χ0v) is 8.16. The van der Waals surface area contributed by atoms with Crippen molar-refractivity contribution < 1.29 is 4.74 Å². The van der Waals surface area contributed by atoms with Crippen molar-refractivity contribution in [2.45, 2.75) is 13.0 Å². The Morgan fingerprint density at radius 2 is 2.15 bits per heavy atom. The van der Waals surface area contributed by atoms with E-state index in [4.69, 9.17) is 4.74 Å². The maximum absolute atomic E-state index is 4.95. The van der Waals surface area contributed by atoms with Crippen LogP contribution in [0.4, 0.5) is 0 Å². The van der Waals surface area contributed by atoms with E-state index in [2.05, 4.69) is 17.2 Å². The minimum Gasteiger partial charge on any atom is -0.383 e. The minimum absolute atomic E-state index is 0.359. The van der Waals surface area contributed by atoms with Crippen molar-refractivity contribution in [3.8, 4) is 0 Å². The van der Waals surface area contributed by atoms with Crippen LogP contribution in [0, 0.1) is 0 Å². The highest BCUT2D eigenvalue weighted by atomic mass is 16.5. The van der Waals surface area contributed by atoms with Gasteiger partial charge in [0.15, 0.2) is 0 Å². The molecule has 0 aliphatic carbocycles. The summed E-state index contributed by atoms with van der Waals surface area (Å²) in [6.07, 6.45) is 3.62. The number of nitrogens with one attached hydrogen (secondary N) is 1. The van der Waals surface area contributed by atoms with Crippen molar-refractivity contribution >= 4 is 0 Å². The summed E-state index contributed by atoms with van der Waals surface area (Å²) in [5.74, 6) is 0. The van der Waals surface area contributed by atoms with Crippen LogP contribution < -0.4 is 5.32 Å². The van der Waals surface area contributed by atoms with Crippen molar-refractivity contribution in [3.63, 3.8) is 0 Å². The van der Waals surface area contributed by atoms with Crippen LogP contribution in [0.15, 0.2) is 24.5 Å². The lowest BCUT2D eigenvalue weighted by atomic mass is 10.1. The van der Waals surface area contributed by atoms with Gasteiger partial charge in [-0.2, -0.15) is 0 Å². The number of hydrogen-bond donors (Lipinski definition) is 1. The number of nitrogens with zero attached hydrogens (tertiary/aromatic N) is 1. The summed E-state index contributed by atoms with van der Waals surface area (Å²) in [5, 5.41) is 3.35. The van der Waals surface area contributed by atoms with Crippen molar-refractivity contribution in [1.82, 2.24) is 10.3 Å². The van der Waals surface area contributed by atoms with E-state index in [1.165, 1.54) is 5.56 Å². The molecule has 3 nitrogen and oxygen atoms in total. The number of aromatic nitrogens is 1. The summed E-state index contributed by atoms with van der Waals surface area (Å²) in [6, 6.07) is 4.40. The molecule has 0 amide bonds. The van der Waals surface area contributed by atoms with Gasteiger partial charge in [0.25, 0.3) is 0 Å². The SMILES string of the molecule is COCCNC(C)c1ccncc1. The molecule has 1 aromatic rings. The van der Waals surface area contributed by atoms with Crippen molar-refractivity contribution in [2.24, 2.45) is 0 Å². The second kappa shape index (κ2) is 5.67. The highest BCUT2D eigenvalue weighted by Crippen LogP contribution is 2.08. The fourth-order valence-electron chi connectivity index (χ4n) is 1.15. The lowest BCUT2D eigenvalue weighted by molar-refractivity contribution is 0.196. The standard InChI is InChI=1S/C10H16N2O/c1-9(12-7-8-13-2)10-3-5-11-6-4-10/h3-6,9,12H,7-8H2,1-2H3. The normalized spacial score (nSPS) is 12.8. The Labute approximate surface area is 79.1 Å². The first-order valence-electron chi connectivity index (χ1n) is 4.47. The van der Waals surface area contributed by atoms with Crippen LogP contribution in [0.2, 0.25) is 0 Å². The summed E-state index contributed by atoms with van der Waals surface area (Å²) in [5.41, 5.74) is 1.26. The van der Waals surface area contributed by atoms with Crippen LogP contribution in [0.3, 0.4) is 0 Å². The topological polar surface area (TPSA) is 34.1 Å². The lowest BCUT2D eigenvalue weighted by Gasteiger charge is -2.13. The van der Waals surface area contributed by atoms with E-state index in [0.717, 1.165) is 13.2 Å². The number of rotatable bonds is 5. The van der Waals surface area contributed by atoms with Crippen molar-refractivity contribution in [2.75, 3.05) is 20.3 Å². The zero-order chi connectivity index (χ0) is 9.52. The predicted molar refractivity (Wildman–Crippen MR) is 52.5 cm³/mol. The Morgan fingerprint density at radius 3 is 2.77 bits per heavy atom. The van der Waals surface area contributed by atoms with E-state index < -0.39 is 0 Å². The van der Waals surface area contributed by atoms with Crippen LogP contribution >= 0.6 is 0 Å². The molecule has 0 aliphatic rings. The molecule has 0 saturated carbocycles. The summed E-state index contributed by atoms with van der Waals surface area (Å²) in [6.45, 7) is 3.75. The molecule has 1 rings (SSSR count). The quantitative estimate of drug-likeness (QED) is 0.695. The molecule has 0 aliphatic heterocycles. The Morgan fingerprint density at radius 1 is 1.46 bits per heavy atom. The highest BCUT2D eigenvalue weighted by molar-refractivity contribution is 5.13. The van der Waals surface area contributed by atoms with Gasteiger partial charge < -0.3 is 10.1 Å². The molecule has 0 radical (unpaired) electrons. The predicted octanol–water partition coefficient (Wildman–Crippen LogP) is 1.38. The first-order valence-corrected chi connectivity index (χ1v) is 4.47. The van der Waals surface area contributed by atoms with Gasteiger partial charge in [-0.15, -0.1) is 0 Å². The van der Waals surface area contributed by atoms with Crippen LogP contribution in [0.25, 0.3) is 0 Å². The van der Waals surface area contributed by atoms with E-state index in [1.807, 2.05) is 24.5 Å². The third-order valence-electron chi connectivity index (χ3n) is 1.96. The Bertz CT molecular complexity index is 226. The van der Waals surface area contributed by atoms with Crippen molar-refractivity contribution in [1.29, 1.82) is 0 Å².